The Balaban J connectivity index is 2.18. The second-order valence-corrected chi connectivity index (χ2v) is 6.15. The molecule has 0 atom stereocenters. The van der Waals surface area contributed by atoms with Crippen LogP contribution in [0, 0.1) is 0 Å². The summed E-state index contributed by atoms with van der Waals surface area (Å²) < 4.78 is 38.8. The lowest BCUT2D eigenvalue weighted by atomic mass is 10.1. The van der Waals surface area contributed by atoms with Crippen LogP contribution in [0.5, 0.6) is 0 Å². The van der Waals surface area contributed by atoms with Gasteiger partial charge in [0.25, 0.3) is 0 Å². The number of hydrogen-bond donors (Lipinski definition) is 0. The summed E-state index contributed by atoms with van der Waals surface area (Å²) in [6.45, 7) is 1.99. The average molecular weight is 342 g/mol. The second-order valence-electron chi connectivity index (χ2n) is 5.10. The van der Waals surface area contributed by atoms with Gasteiger partial charge in [-0.05, 0) is 30.9 Å². The molecule has 0 saturated heterocycles. The van der Waals surface area contributed by atoms with Gasteiger partial charge in [0, 0.05) is 30.1 Å². The maximum absolute atomic E-state index is 12.9. The van der Waals surface area contributed by atoms with Gasteiger partial charge in [-0.3, -0.25) is 9.78 Å². The molecule has 0 N–H and O–H groups in total. The van der Waals surface area contributed by atoms with Crippen LogP contribution in [0.3, 0.4) is 0 Å². The largest absolute Gasteiger partial charge is 0.433 e. The van der Waals surface area contributed by atoms with Gasteiger partial charge < -0.3 is 0 Å². The number of pyridine rings is 1. The van der Waals surface area contributed by atoms with Crippen molar-refractivity contribution in [2.24, 2.45) is 4.99 Å². The molecule has 1 aliphatic heterocycles. The minimum Gasteiger partial charge on any atom is -0.295 e. The van der Waals surface area contributed by atoms with E-state index < -0.39 is 17.7 Å². The van der Waals surface area contributed by atoms with Gasteiger partial charge in [-0.25, -0.2) is 4.99 Å². The van der Waals surface area contributed by atoms with Crippen molar-refractivity contribution in [2.75, 3.05) is 0 Å². The van der Waals surface area contributed by atoms with Crippen molar-refractivity contribution in [2.45, 2.75) is 44.5 Å². The topological polar surface area (TPSA) is 42.3 Å². The zero-order chi connectivity index (χ0) is 16.9. The van der Waals surface area contributed by atoms with E-state index in [1.165, 1.54) is 11.8 Å². The first kappa shape index (κ1) is 17.7. The van der Waals surface area contributed by atoms with Crippen LogP contribution in [0.2, 0.25) is 0 Å². The first-order chi connectivity index (χ1) is 10.9. The molecule has 0 saturated carbocycles. The minimum atomic E-state index is -4.61. The Morgan fingerprint density at radius 2 is 2.09 bits per heavy atom. The quantitative estimate of drug-likeness (QED) is 0.814. The third kappa shape index (κ3) is 5.20. The number of nitrogens with zero attached hydrogens (tertiary/aromatic N) is 2. The summed E-state index contributed by atoms with van der Waals surface area (Å²) in [4.78, 5) is 19.4. The number of carbonyl (C=O) groups excluding carboxylic acids is 1. The number of rotatable bonds is 3. The van der Waals surface area contributed by atoms with Crippen molar-refractivity contribution < 1.29 is 18.0 Å². The van der Waals surface area contributed by atoms with E-state index in [1.54, 1.807) is 6.20 Å². The number of ketones is 1. The third-order valence-electron chi connectivity index (χ3n) is 3.36. The van der Waals surface area contributed by atoms with Crippen LogP contribution in [0.4, 0.5) is 13.2 Å². The first-order valence-electron chi connectivity index (χ1n) is 7.35. The van der Waals surface area contributed by atoms with Crippen LogP contribution < -0.4 is 0 Å². The summed E-state index contributed by atoms with van der Waals surface area (Å²) >= 11 is 1.28. The molecule has 0 radical (unpaired) electrons. The lowest BCUT2D eigenvalue weighted by Gasteiger charge is -2.14. The number of hydrogen-bond acceptors (Lipinski definition) is 4. The Labute approximate surface area is 137 Å². The molecule has 2 heterocycles. The maximum Gasteiger partial charge on any atom is 0.433 e. The molecule has 1 aromatic heterocycles. The third-order valence-corrected chi connectivity index (χ3v) is 4.44. The molecule has 124 valence electrons. The number of aliphatic imine (C=N–C) groups is 1. The fourth-order valence-corrected chi connectivity index (χ4v) is 3.23. The van der Waals surface area contributed by atoms with Crippen LogP contribution in [0.15, 0.2) is 35.1 Å². The van der Waals surface area contributed by atoms with E-state index in [4.69, 9.17) is 0 Å². The Morgan fingerprint density at radius 3 is 2.78 bits per heavy atom. The highest BCUT2D eigenvalue weighted by Gasteiger charge is 2.35. The Kier molecular flexibility index (Phi) is 5.98. The van der Waals surface area contributed by atoms with Crippen molar-refractivity contribution in [1.29, 1.82) is 0 Å². The standard InChI is InChI=1S/C16H17F3N2OS/c1-2-13-11(5-4-8-20-13)10-23-15-7-3-6-12(22)9-14(21-15)16(17,18)19/h4-5,8-9H,2-3,6-7,10H2,1H3/b14-9-,21-15?. The number of carbonyl (C=O) groups is 1. The van der Waals surface area contributed by atoms with Gasteiger partial charge in [-0.1, -0.05) is 13.0 Å². The highest BCUT2D eigenvalue weighted by Crippen LogP contribution is 2.30. The van der Waals surface area contributed by atoms with Crippen molar-refractivity contribution >= 4 is 22.6 Å². The second kappa shape index (κ2) is 7.77. The van der Waals surface area contributed by atoms with Crippen LogP contribution >= 0.6 is 11.8 Å². The molecular weight excluding hydrogens is 325 g/mol. The van der Waals surface area contributed by atoms with Crippen molar-refractivity contribution in [3.8, 4) is 0 Å². The molecule has 1 aliphatic rings. The molecule has 23 heavy (non-hydrogen) atoms. The van der Waals surface area contributed by atoms with Gasteiger partial charge in [-0.15, -0.1) is 11.8 Å². The highest BCUT2D eigenvalue weighted by molar-refractivity contribution is 8.13. The molecule has 0 fully saturated rings. The molecule has 3 nitrogen and oxygen atoms in total. The summed E-state index contributed by atoms with van der Waals surface area (Å²) in [7, 11) is 0. The molecular formula is C16H17F3N2OS. The number of aryl methyl sites for hydroxylation is 1. The monoisotopic (exact) mass is 342 g/mol. The van der Waals surface area contributed by atoms with E-state index in [0.29, 0.717) is 29.7 Å². The van der Waals surface area contributed by atoms with Crippen LogP contribution in [-0.4, -0.2) is 22.0 Å². The van der Waals surface area contributed by atoms with Crippen molar-refractivity contribution in [3.05, 3.63) is 41.4 Å². The number of thioether (sulfide) groups is 1. The predicted molar refractivity (Wildman–Crippen MR) is 85.3 cm³/mol. The molecule has 0 bridgehead atoms. The van der Waals surface area contributed by atoms with Crippen LogP contribution in [0.25, 0.3) is 0 Å². The summed E-state index contributed by atoms with van der Waals surface area (Å²) in [6, 6.07) is 3.74. The van der Waals surface area contributed by atoms with Crippen LogP contribution in [-0.2, 0) is 17.0 Å². The summed E-state index contributed by atoms with van der Waals surface area (Å²) in [5.41, 5.74) is 0.832. The van der Waals surface area contributed by atoms with E-state index in [2.05, 4.69) is 9.98 Å². The van der Waals surface area contributed by atoms with E-state index in [9.17, 15) is 18.0 Å². The van der Waals surface area contributed by atoms with Gasteiger partial charge in [-0.2, -0.15) is 13.2 Å². The molecule has 0 aromatic carbocycles. The number of aromatic nitrogens is 1. The van der Waals surface area contributed by atoms with E-state index in [0.717, 1.165) is 17.7 Å². The summed E-state index contributed by atoms with van der Waals surface area (Å²) in [6.07, 6.45) is -0.511. The Morgan fingerprint density at radius 1 is 1.30 bits per heavy atom. The van der Waals surface area contributed by atoms with Gasteiger partial charge in [0.2, 0.25) is 0 Å². The predicted octanol–water partition coefficient (Wildman–Crippen LogP) is 4.47. The first-order valence-corrected chi connectivity index (χ1v) is 8.33. The van der Waals surface area contributed by atoms with E-state index in [-0.39, 0.29) is 6.42 Å². The Hall–Kier alpha value is -1.63. The highest BCUT2D eigenvalue weighted by atomic mass is 32.2. The zero-order valence-electron chi connectivity index (χ0n) is 12.7. The fourth-order valence-electron chi connectivity index (χ4n) is 2.19. The smallest absolute Gasteiger partial charge is 0.295 e. The number of alkyl halides is 3. The van der Waals surface area contributed by atoms with E-state index in [1.807, 2.05) is 19.1 Å². The zero-order valence-corrected chi connectivity index (χ0v) is 13.5. The average Bonchev–Trinajstić information content (AvgIpc) is 2.48. The molecule has 0 amide bonds. The summed E-state index contributed by atoms with van der Waals surface area (Å²) in [5, 5.41) is 0.409. The van der Waals surface area contributed by atoms with Gasteiger partial charge in [0.05, 0.1) is 5.04 Å². The van der Waals surface area contributed by atoms with Crippen LogP contribution in [0.1, 0.15) is 37.4 Å². The lowest BCUT2D eigenvalue weighted by Crippen LogP contribution is -2.15. The SMILES string of the molecule is CCc1ncccc1CSC1=N/C(C(F)(F)F)=C\C(=O)CCC1. The Bertz CT molecular complexity index is 638. The maximum atomic E-state index is 12.9. The normalized spacial score (nSPS) is 18.7. The van der Waals surface area contributed by atoms with Gasteiger partial charge >= 0.3 is 6.18 Å². The summed E-state index contributed by atoms with van der Waals surface area (Å²) in [5.74, 6) is 0.000205. The molecule has 7 heteroatoms. The molecule has 0 spiro atoms. The molecule has 0 unspecified atom stereocenters. The van der Waals surface area contributed by atoms with E-state index >= 15 is 0 Å². The van der Waals surface area contributed by atoms with Gasteiger partial charge in [0.15, 0.2) is 5.78 Å². The number of halogens is 3. The van der Waals surface area contributed by atoms with Crippen molar-refractivity contribution in [3.63, 3.8) is 0 Å². The minimum absolute atomic E-state index is 0.117. The fraction of sp³-hybridized carbons (Fsp3) is 0.438. The number of allylic oxidation sites excluding steroid dienone is 2. The molecule has 0 aliphatic carbocycles. The lowest BCUT2D eigenvalue weighted by molar-refractivity contribution is -0.116. The van der Waals surface area contributed by atoms with Crippen molar-refractivity contribution in [1.82, 2.24) is 4.98 Å². The van der Waals surface area contributed by atoms with Gasteiger partial charge in [0.1, 0.15) is 5.70 Å². The molecule has 2 rings (SSSR count). The molecule has 1 aromatic rings.